The van der Waals surface area contributed by atoms with E-state index in [1.54, 1.807) is 12.1 Å². The van der Waals surface area contributed by atoms with Crippen molar-refractivity contribution in [3.05, 3.63) is 24.2 Å². The van der Waals surface area contributed by atoms with Crippen LogP contribution in [0.3, 0.4) is 0 Å². The van der Waals surface area contributed by atoms with Crippen LogP contribution in [0.5, 0.6) is 0 Å². The van der Waals surface area contributed by atoms with E-state index < -0.39 is 0 Å². The molecule has 1 N–H and O–H groups in total. The maximum absolute atomic E-state index is 11.8. The average molecular weight is 236 g/mol. The Balaban J connectivity index is 1.76. The summed E-state index contributed by atoms with van der Waals surface area (Å²) >= 11 is 0. The highest BCUT2D eigenvalue weighted by atomic mass is 16.3. The van der Waals surface area contributed by atoms with Gasteiger partial charge in [0.2, 0.25) is 5.78 Å². The molecule has 0 bridgehead atoms. The van der Waals surface area contributed by atoms with E-state index in [2.05, 4.69) is 10.2 Å². The first-order valence-electron chi connectivity index (χ1n) is 6.24. The fourth-order valence-corrected chi connectivity index (χ4v) is 2.28. The molecule has 0 aromatic carbocycles. The summed E-state index contributed by atoms with van der Waals surface area (Å²) in [6, 6.07) is 3.99. The second-order valence-corrected chi connectivity index (χ2v) is 4.74. The standard InChI is InChI=1S/C13H20N2O2/c1-15(9-11-5-2-3-7-14-11)10-12(16)13-6-4-8-17-13/h4,6,8,11,14H,2-3,5,7,9-10H2,1H3/t11-/m1/s1. The van der Waals surface area contributed by atoms with Gasteiger partial charge in [-0.2, -0.15) is 0 Å². The molecule has 0 radical (unpaired) electrons. The summed E-state index contributed by atoms with van der Waals surface area (Å²) in [5.41, 5.74) is 0. The van der Waals surface area contributed by atoms with Gasteiger partial charge >= 0.3 is 0 Å². The molecule has 2 heterocycles. The Morgan fingerprint density at radius 3 is 3.12 bits per heavy atom. The van der Waals surface area contributed by atoms with Gasteiger partial charge in [-0.15, -0.1) is 0 Å². The van der Waals surface area contributed by atoms with Crippen LogP contribution in [0.25, 0.3) is 0 Å². The Hall–Kier alpha value is -1.13. The lowest BCUT2D eigenvalue weighted by Gasteiger charge is -2.27. The SMILES string of the molecule is CN(CC(=O)c1ccco1)C[C@H]1CCCCN1. The van der Waals surface area contributed by atoms with Gasteiger partial charge in [-0.1, -0.05) is 6.42 Å². The molecular weight excluding hydrogens is 216 g/mol. The highest BCUT2D eigenvalue weighted by Crippen LogP contribution is 2.08. The lowest BCUT2D eigenvalue weighted by molar-refractivity contribution is 0.0911. The van der Waals surface area contributed by atoms with Gasteiger partial charge in [-0.05, 0) is 38.6 Å². The number of carbonyl (C=O) groups excluding carboxylic acids is 1. The second kappa shape index (κ2) is 5.98. The molecule has 1 aliphatic heterocycles. The molecule has 4 heteroatoms. The smallest absolute Gasteiger partial charge is 0.211 e. The number of nitrogens with one attached hydrogen (secondary N) is 1. The Morgan fingerprint density at radius 2 is 2.47 bits per heavy atom. The van der Waals surface area contributed by atoms with Gasteiger partial charge in [0.25, 0.3) is 0 Å². The van der Waals surface area contributed by atoms with E-state index in [4.69, 9.17) is 4.42 Å². The maximum Gasteiger partial charge on any atom is 0.211 e. The zero-order chi connectivity index (χ0) is 12.1. The molecule has 4 nitrogen and oxygen atoms in total. The zero-order valence-electron chi connectivity index (χ0n) is 10.3. The first-order chi connectivity index (χ1) is 8.25. The summed E-state index contributed by atoms with van der Waals surface area (Å²) in [7, 11) is 1.98. The normalized spacial score (nSPS) is 20.7. The maximum atomic E-state index is 11.8. The van der Waals surface area contributed by atoms with Gasteiger partial charge in [-0.3, -0.25) is 9.69 Å². The molecule has 0 spiro atoms. The van der Waals surface area contributed by atoms with Crippen molar-refractivity contribution in [3.8, 4) is 0 Å². The lowest BCUT2D eigenvalue weighted by atomic mass is 10.0. The molecule has 0 amide bonds. The number of rotatable bonds is 5. The van der Waals surface area contributed by atoms with Gasteiger partial charge in [0.05, 0.1) is 12.8 Å². The fraction of sp³-hybridized carbons (Fsp3) is 0.615. The number of Topliss-reactive ketones (excluding diaryl/α,β-unsaturated/α-hetero) is 1. The van der Waals surface area contributed by atoms with Gasteiger partial charge < -0.3 is 9.73 Å². The number of hydrogen-bond acceptors (Lipinski definition) is 4. The molecule has 1 aliphatic rings. The third kappa shape index (κ3) is 3.68. The predicted octanol–water partition coefficient (Wildman–Crippen LogP) is 1.54. The van der Waals surface area contributed by atoms with Gasteiger partial charge in [0, 0.05) is 12.6 Å². The van der Waals surface area contributed by atoms with Crippen molar-refractivity contribution < 1.29 is 9.21 Å². The Bertz CT molecular complexity index is 342. The van der Waals surface area contributed by atoms with Crippen LogP contribution in [-0.4, -0.2) is 43.4 Å². The molecule has 1 fully saturated rings. The summed E-state index contributed by atoms with van der Waals surface area (Å²) in [4.78, 5) is 13.9. The molecular formula is C13H20N2O2. The van der Waals surface area contributed by atoms with Crippen LogP contribution in [-0.2, 0) is 0 Å². The van der Waals surface area contributed by atoms with Crippen LogP contribution in [0, 0.1) is 0 Å². The first-order valence-corrected chi connectivity index (χ1v) is 6.24. The topological polar surface area (TPSA) is 45.5 Å². The van der Waals surface area contributed by atoms with Crippen molar-refractivity contribution in [3.63, 3.8) is 0 Å². The van der Waals surface area contributed by atoms with E-state index in [1.165, 1.54) is 25.5 Å². The van der Waals surface area contributed by atoms with E-state index >= 15 is 0 Å². The molecule has 1 aromatic heterocycles. The van der Waals surface area contributed by atoms with Crippen LogP contribution in [0.15, 0.2) is 22.8 Å². The molecule has 1 saturated heterocycles. The molecule has 17 heavy (non-hydrogen) atoms. The summed E-state index contributed by atoms with van der Waals surface area (Å²) in [6.45, 7) is 2.45. The summed E-state index contributed by atoms with van der Waals surface area (Å²) in [5.74, 6) is 0.502. The Morgan fingerprint density at radius 1 is 1.59 bits per heavy atom. The highest BCUT2D eigenvalue weighted by Gasteiger charge is 2.17. The van der Waals surface area contributed by atoms with Crippen molar-refractivity contribution >= 4 is 5.78 Å². The highest BCUT2D eigenvalue weighted by molar-refractivity contribution is 5.94. The van der Waals surface area contributed by atoms with Gasteiger partial charge in [0.1, 0.15) is 0 Å². The summed E-state index contributed by atoms with van der Waals surface area (Å²) in [6.07, 6.45) is 5.30. The monoisotopic (exact) mass is 236 g/mol. The van der Waals surface area contributed by atoms with E-state index in [0.29, 0.717) is 18.3 Å². The van der Waals surface area contributed by atoms with Crippen LogP contribution >= 0.6 is 0 Å². The van der Waals surface area contributed by atoms with E-state index in [-0.39, 0.29) is 5.78 Å². The van der Waals surface area contributed by atoms with Gasteiger partial charge in [-0.25, -0.2) is 0 Å². The first kappa shape index (κ1) is 12.3. The van der Waals surface area contributed by atoms with E-state index in [0.717, 1.165) is 13.1 Å². The summed E-state index contributed by atoms with van der Waals surface area (Å²) in [5, 5.41) is 3.48. The number of piperidine rings is 1. The quantitative estimate of drug-likeness (QED) is 0.788. The Labute approximate surface area is 102 Å². The van der Waals surface area contributed by atoms with Crippen molar-refractivity contribution in [1.29, 1.82) is 0 Å². The predicted molar refractivity (Wildman–Crippen MR) is 66.2 cm³/mol. The second-order valence-electron chi connectivity index (χ2n) is 4.74. The molecule has 0 unspecified atom stereocenters. The zero-order valence-corrected chi connectivity index (χ0v) is 10.3. The Kier molecular flexibility index (Phi) is 4.34. The van der Waals surface area contributed by atoms with E-state index in [9.17, 15) is 4.79 Å². The number of nitrogens with zero attached hydrogens (tertiary/aromatic N) is 1. The number of ketones is 1. The lowest BCUT2D eigenvalue weighted by Crippen LogP contribution is -2.43. The van der Waals surface area contributed by atoms with Crippen LogP contribution < -0.4 is 5.32 Å². The van der Waals surface area contributed by atoms with Crippen molar-refractivity contribution in [1.82, 2.24) is 10.2 Å². The van der Waals surface area contributed by atoms with Crippen LogP contribution in [0.4, 0.5) is 0 Å². The number of likely N-dealkylation sites (N-methyl/N-ethyl adjacent to an activating group) is 1. The third-order valence-electron chi connectivity index (χ3n) is 3.15. The minimum Gasteiger partial charge on any atom is -0.461 e. The van der Waals surface area contributed by atoms with Crippen LogP contribution in [0.2, 0.25) is 0 Å². The number of carbonyl (C=O) groups is 1. The van der Waals surface area contributed by atoms with Crippen LogP contribution in [0.1, 0.15) is 29.8 Å². The molecule has 1 aromatic rings. The molecule has 0 aliphatic carbocycles. The molecule has 0 saturated carbocycles. The molecule has 94 valence electrons. The number of hydrogen-bond donors (Lipinski definition) is 1. The fourth-order valence-electron chi connectivity index (χ4n) is 2.28. The average Bonchev–Trinajstić information content (AvgIpc) is 2.83. The van der Waals surface area contributed by atoms with Crippen molar-refractivity contribution in [2.45, 2.75) is 25.3 Å². The number of furan rings is 1. The summed E-state index contributed by atoms with van der Waals surface area (Å²) < 4.78 is 5.09. The van der Waals surface area contributed by atoms with Gasteiger partial charge in [0.15, 0.2) is 5.76 Å². The van der Waals surface area contributed by atoms with Crippen molar-refractivity contribution in [2.75, 3.05) is 26.7 Å². The van der Waals surface area contributed by atoms with E-state index in [1.807, 2.05) is 7.05 Å². The minimum atomic E-state index is 0.0494. The molecule has 2 rings (SSSR count). The van der Waals surface area contributed by atoms with Crippen molar-refractivity contribution in [2.24, 2.45) is 0 Å². The molecule has 1 atom stereocenters. The third-order valence-corrected chi connectivity index (χ3v) is 3.15. The largest absolute Gasteiger partial charge is 0.461 e. The minimum absolute atomic E-state index is 0.0494.